The van der Waals surface area contributed by atoms with Crippen molar-refractivity contribution in [2.45, 2.75) is 43.7 Å². The Bertz CT molecular complexity index is 118. The van der Waals surface area contributed by atoms with Gasteiger partial charge in [0.15, 0.2) is 0 Å². The number of thioether (sulfide) groups is 2. The molecule has 0 radical (unpaired) electrons. The molecule has 1 saturated heterocycles. The van der Waals surface area contributed by atoms with Crippen molar-refractivity contribution in [2.75, 3.05) is 18.1 Å². The van der Waals surface area contributed by atoms with Gasteiger partial charge in [-0.25, -0.2) is 0 Å². The first-order valence-electron chi connectivity index (χ1n) is 5.35. The number of nitrogens with one attached hydrogen (secondary N) is 1. The minimum atomic E-state index is 0.767. The lowest BCUT2D eigenvalue weighted by atomic mass is 10.1. The molecule has 0 spiro atoms. The highest BCUT2D eigenvalue weighted by molar-refractivity contribution is 8.17. The number of rotatable bonds is 5. The van der Waals surface area contributed by atoms with Crippen LogP contribution in [-0.4, -0.2) is 28.7 Å². The molecule has 0 aliphatic carbocycles. The van der Waals surface area contributed by atoms with E-state index in [4.69, 9.17) is 0 Å². The zero-order chi connectivity index (χ0) is 9.52. The minimum Gasteiger partial charge on any atom is -0.312 e. The van der Waals surface area contributed by atoms with Crippen LogP contribution in [0.4, 0.5) is 0 Å². The van der Waals surface area contributed by atoms with Crippen LogP contribution < -0.4 is 5.32 Å². The second kappa shape index (κ2) is 7.02. The fourth-order valence-electron chi connectivity index (χ4n) is 1.72. The standard InChI is InChI=1S/C10H21NS2/c1-3-12-10(13-4-2)9-7-5-6-8-11-9/h9-11H,3-8H2,1-2H3/t9-/m0/s1. The Morgan fingerprint density at radius 3 is 2.38 bits per heavy atom. The molecule has 0 aromatic carbocycles. The van der Waals surface area contributed by atoms with Gasteiger partial charge in [0.05, 0.1) is 4.58 Å². The number of piperidine rings is 1. The zero-order valence-electron chi connectivity index (χ0n) is 8.71. The van der Waals surface area contributed by atoms with Crippen molar-refractivity contribution < 1.29 is 0 Å². The predicted octanol–water partition coefficient (Wildman–Crippen LogP) is 2.96. The van der Waals surface area contributed by atoms with Gasteiger partial charge in [-0.3, -0.25) is 0 Å². The summed E-state index contributed by atoms with van der Waals surface area (Å²) >= 11 is 4.22. The summed E-state index contributed by atoms with van der Waals surface area (Å²) in [4.78, 5) is 0. The maximum atomic E-state index is 3.65. The summed E-state index contributed by atoms with van der Waals surface area (Å²) in [7, 11) is 0. The van der Waals surface area contributed by atoms with Crippen molar-refractivity contribution in [3.05, 3.63) is 0 Å². The van der Waals surface area contributed by atoms with E-state index in [-0.39, 0.29) is 0 Å². The lowest BCUT2D eigenvalue weighted by Gasteiger charge is -2.30. The first-order valence-corrected chi connectivity index (χ1v) is 7.44. The number of hydrogen-bond donors (Lipinski definition) is 1. The second-order valence-electron chi connectivity index (χ2n) is 3.34. The van der Waals surface area contributed by atoms with Gasteiger partial charge >= 0.3 is 0 Å². The van der Waals surface area contributed by atoms with Crippen LogP contribution in [0.3, 0.4) is 0 Å². The molecule has 1 atom stereocenters. The molecule has 3 heteroatoms. The van der Waals surface area contributed by atoms with Gasteiger partial charge in [-0.15, -0.1) is 23.5 Å². The summed E-state index contributed by atoms with van der Waals surface area (Å²) in [6.07, 6.45) is 4.17. The third-order valence-corrected chi connectivity index (χ3v) is 5.14. The van der Waals surface area contributed by atoms with Crippen LogP contribution in [-0.2, 0) is 0 Å². The van der Waals surface area contributed by atoms with E-state index in [1.54, 1.807) is 0 Å². The highest BCUT2D eigenvalue weighted by Gasteiger charge is 2.22. The van der Waals surface area contributed by atoms with E-state index >= 15 is 0 Å². The lowest BCUT2D eigenvalue weighted by molar-refractivity contribution is 0.421. The monoisotopic (exact) mass is 219 g/mol. The van der Waals surface area contributed by atoms with E-state index in [0.717, 1.165) is 10.6 Å². The molecule has 78 valence electrons. The molecule has 1 nitrogen and oxygen atoms in total. The topological polar surface area (TPSA) is 12.0 Å². The SMILES string of the molecule is CCSC(SCC)[C@@H]1CCCCN1. The van der Waals surface area contributed by atoms with Crippen molar-refractivity contribution in [1.82, 2.24) is 5.32 Å². The summed E-state index contributed by atoms with van der Waals surface area (Å²) < 4.78 is 0.787. The van der Waals surface area contributed by atoms with Gasteiger partial charge < -0.3 is 5.32 Å². The number of hydrogen-bond acceptors (Lipinski definition) is 3. The molecule has 1 N–H and O–H groups in total. The van der Waals surface area contributed by atoms with E-state index in [1.807, 2.05) is 0 Å². The van der Waals surface area contributed by atoms with E-state index in [0.29, 0.717) is 0 Å². The van der Waals surface area contributed by atoms with Gasteiger partial charge in [0, 0.05) is 6.04 Å². The van der Waals surface area contributed by atoms with E-state index in [1.165, 1.54) is 37.3 Å². The van der Waals surface area contributed by atoms with Crippen molar-refractivity contribution in [3.8, 4) is 0 Å². The van der Waals surface area contributed by atoms with Gasteiger partial charge in [0.2, 0.25) is 0 Å². The highest BCUT2D eigenvalue weighted by Crippen LogP contribution is 2.29. The maximum absolute atomic E-state index is 3.65. The lowest BCUT2D eigenvalue weighted by Crippen LogP contribution is -2.40. The molecule has 1 fully saturated rings. The normalized spacial score (nSPS) is 23.8. The maximum Gasteiger partial charge on any atom is 0.0655 e. The molecule has 0 bridgehead atoms. The summed E-state index contributed by atoms with van der Waals surface area (Å²) in [6.45, 7) is 5.75. The second-order valence-corrected chi connectivity index (χ2v) is 6.47. The molecular weight excluding hydrogens is 198 g/mol. The fourth-order valence-corrected chi connectivity index (χ4v) is 4.51. The van der Waals surface area contributed by atoms with Gasteiger partial charge in [0.1, 0.15) is 0 Å². The molecule has 1 rings (SSSR count). The molecule has 0 unspecified atom stereocenters. The van der Waals surface area contributed by atoms with Crippen LogP contribution >= 0.6 is 23.5 Å². The van der Waals surface area contributed by atoms with Gasteiger partial charge in [-0.05, 0) is 30.9 Å². The molecule has 1 aliphatic rings. The summed E-state index contributed by atoms with van der Waals surface area (Å²) in [5.74, 6) is 2.49. The quantitative estimate of drug-likeness (QED) is 0.714. The largest absolute Gasteiger partial charge is 0.312 e. The highest BCUT2D eigenvalue weighted by atomic mass is 32.2. The van der Waals surface area contributed by atoms with Gasteiger partial charge in [0.25, 0.3) is 0 Å². The Labute approximate surface area is 90.8 Å². The van der Waals surface area contributed by atoms with Crippen molar-refractivity contribution in [1.29, 1.82) is 0 Å². The van der Waals surface area contributed by atoms with E-state index in [9.17, 15) is 0 Å². The van der Waals surface area contributed by atoms with Crippen LogP contribution in [0, 0.1) is 0 Å². The molecule has 0 amide bonds. The Kier molecular flexibility index (Phi) is 6.33. The average molecular weight is 219 g/mol. The van der Waals surface area contributed by atoms with Gasteiger partial charge in [-0.2, -0.15) is 0 Å². The molecule has 1 aliphatic heterocycles. The zero-order valence-corrected chi connectivity index (χ0v) is 10.3. The Morgan fingerprint density at radius 2 is 1.92 bits per heavy atom. The average Bonchev–Trinajstić information content (AvgIpc) is 2.19. The van der Waals surface area contributed by atoms with Crippen LogP contribution in [0.2, 0.25) is 0 Å². The molecule has 1 heterocycles. The van der Waals surface area contributed by atoms with Crippen LogP contribution in [0.25, 0.3) is 0 Å². The molecule has 0 aromatic rings. The van der Waals surface area contributed by atoms with Crippen molar-refractivity contribution >= 4 is 23.5 Å². The molecule has 13 heavy (non-hydrogen) atoms. The molecule has 0 saturated carbocycles. The molecule has 0 aromatic heterocycles. The van der Waals surface area contributed by atoms with E-state index < -0.39 is 0 Å². The minimum absolute atomic E-state index is 0.767. The fraction of sp³-hybridized carbons (Fsp3) is 1.00. The van der Waals surface area contributed by atoms with Crippen LogP contribution in [0.5, 0.6) is 0 Å². The Morgan fingerprint density at radius 1 is 1.23 bits per heavy atom. The Balaban J connectivity index is 2.32. The summed E-state index contributed by atoms with van der Waals surface area (Å²) in [5.41, 5.74) is 0. The Hall–Kier alpha value is 0.660. The summed E-state index contributed by atoms with van der Waals surface area (Å²) in [6, 6.07) is 0.767. The van der Waals surface area contributed by atoms with Crippen LogP contribution in [0.15, 0.2) is 0 Å². The smallest absolute Gasteiger partial charge is 0.0655 e. The first-order chi connectivity index (χ1) is 6.38. The predicted molar refractivity (Wildman–Crippen MR) is 65.7 cm³/mol. The summed E-state index contributed by atoms with van der Waals surface area (Å²) in [5, 5.41) is 3.65. The molecular formula is C10H21NS2. The van der Waals surface area contributed by atoms with Crippen molar-refractivity contribution in [3.63, 3.8) is 0 Å². The first kappa shape index (κ1) is 11.7. The third kappa shape index (κ3) is 4.13. The van der Waals surface area contributed by atoms with E-state index in [2.05, 4.69) is 42.7 Å². The van der Waals surface area contributed by atoms with Gasteiger partial charge in [-0.1, -0.05) is 20.3 Å². The van der Waals surface area contributed by atoms with Crippen molar-refractivity contribution in [2.24, 2.45) is 0 Å². The third-order valence-electron chi connectivity index (χ3n) is 2.34. The van der Waals surface area contributed by atoms with Crippen LogP contribution in [0.1, 0.15) is 33.1 Å².